The second kappa shape index (κ2) is 5.26. The molecule has 4 heteroatoms. The van der Waals surface area contributed by atoms with E-state index in [1.165, 1.54) is 11.1 Å². The summed E-state index contributed by atoms with van der Waals surface area (Å²) in [5, 5.41) is 6.64. The number of rotatable bonds is 3. The minimum absolute atomic E-state index is 0.0647. The Morgan fingerprint density at radius 1 is 1.26 bits per heavy atom. The first-order valence-electron chi connectivity index (χ1n) is 6.28. The fourth-order valence-corrected chi connectivity index (χ4v) is 2.13. The monoisotopic (exact) mass is 258 g/mol. The quantitative estimate of drug-likeness (QED) is 0.920. The van der Waals surface area contributed by atoms with Gasteiger partial charge in [-0.15, -0.1) is 0 Å². The van der Waals surface area contributed by atoms with E-state index in [4.69, 9.17) is 4.52 Å². The SMILES string of the molecule is Cc1ccc([C@@H](C)NC(=O)c2cc(C)on2)c(C)c1. The van der Waals surface area contributed by atoms with Crippen LogP contribution < -0.4 is 5.32 Å². The zero-order valence-electron chi connectivity index (χ0n) is 11.7. The molecule has 19 heavy (non-hydrogen) atoms. The molecular formula is C15H18N2O2. The molecule has 100 valence electrons. The van der Waals surface area contributed by atoms with Gasteiger partial charge in [-0.2, -0.15) is 0 Å². The number of aromatic nitrogens is 1. The lowest BCUT2D eigenvalue weighted by atomic mass is 10.0. The number of carbonyl (C=O) groups excluding carboxylic acids is 1. The number of aryl methyl sites for hydroxylation is 3. The Morgan fingerprint density at radius 3 is 2.58 bits per heavy atom. The highest BCUT2D eigenvalue weighted by molar-refractivity contribution is 5.92. The topological polar surface area (TPSA) is 55.1 Å². The van der Waals surface area contributed by atoms with Gasteiger partial charge >= 0.3 is 0 Å². The summed E-state index contributed by atoms with van der Waals surface area (Å²) in [4.78, 5) is 12.0. The third kappa shape index (κ3) is 3.02. The second-order valence-corrected chi connectivity index (χ2v) is 4.88. The number of amides is 1. The summed E-state index contributed by atoms with van der Waals surface area (Å²) in [6.45, 7) is 7.82. The van der Waals surface area contributed by atoms with Crippen molar-refractivity contribution < 1.29 is 9.32 Å². The van der Waals surface area contributed by atoms with Gasteiger partial charge in [0.15, 0.2) is 5.69 Å². The van der Waals surface area contributed by atoms with E-state index in [-0.39, 0.29) is 11.9 Å². The fourth-order valence-electron chi connectivity index (χ4n) is 2.13. The average molecular weight is 258 g/mol. The molecule has 1 N–H and O–H groups in total. The molecule has 1 atom stereocenters. The first-order chi connectivity index (χ1) is 8.97. The normalized spacial score (nSPS) is 12.2. The van der Waals surface area contributed by atoms with Gasteiger partial charge in [-0.3, -0.25) is 4.79 Å². The van der Waals surface area contributed by atoms with Gasteiger partial charge in [0.2, 0.25) is 0 Å². The Balaban J connectivity index is 2.12. The van der Waals surface area contributed by atoms with Crippen molar-refractivity contribution in [3.05, 3.63) is 52.4 Å². The van der Waals surface area contributed by atoms with Crippen molar-refractivity contribution in [2.45, 2.75) is 33.7 Å². The maximum Gasteiger partial charge on any atom is 0.273 e. The maximum atomic E-state index is 12.0. The molecule has 0 spiro atoms. The Labute approximate surface area is 112 Å². The fraction of sp³-hybridized carbons (Fsp3) is 0.333. The number of nitrogens with one attached hydrogen (secondary N) is 1. The van der Waals surface area contributed by atoms with E-state index in [0.717, 1.165) is 5.56 Å². The summed E-state index contributed by atoms with van der Waals surface area (Å²) in [6, 6.07) is 7.77. The molecule has 0 bridgehead atoms. The number of nitrogens with zero attached hydrogens (tertiary/aromatic N) is 1. The molecular weight excluding hydrogens is 240 g/mol. The Kier molecular flexibility index (Phi) is 3.69. The van der Waals surface area contributed by atoms with Gasteiger partial charge in [0.1, 0.15) is 5.76 Å². The molecule has 1 aromatic carbocycles. The van der Waals surface area contributed by atoms with E-state index in [2.05, 4.69) is 23.5 Å². The van der Waals surface area contributed by atoms with Gasteiger partial charge < -0.3 is 9.84 Å². The Bertz CT molecular complexity index is 602. The molecule has 1 amide bonds. The van der Waals surface area contributed by atoms with E-state index in [1.54, 1.807) is 13.0 Å². The second-order valence-electron chi connectivity index (χ2n) is 4.88. The number of benzene rings is 1. The Morgan fingerprint density at radius 2 is 2.00 bits per heavy atom. The van der Waals surface area contributed by atoms with Crippen molar-refractivity contribution in [1.82, 2.24) is 10.5 Å². The summed E-state index contributed by atoms with van der Waals surface area (Å²) >= 11 is 0. The van der Waals surface area contributed by atoms with E-state index in [9.17, 15) is 4.79 Å². The van der Waals surface area contributed by atoms with Crippen LogP contribution in [0.25, 0.3) is 0 Å². The zero-order valence-corrected chi connectivity index (χ0v) is 11.7. The zero-order chi connectivity index (χ0) is 14.0. The Hall–Kier alpha value is -2.10. The van der Waals surface area contributed by atoms with Crippen molar-refractivity contribution >= 4 is 5.91 Å². The number of carbonyl (C=O) groups is 1. The van der Waals surface area contributed by atoms with Crippen molar-refractivity contribution in [1.29, 1.82) is 0 Å². The standard InChI is InChI=1S/C15H18N2O2/c1-9-5-6-13(10(2)7-9)12(4)16-15(18)14-8-11(3)19-17-14/h5-8,12H,1-4H3,(H,16,18)/t12-/m1/s1. The lowest BCUT2D eigenvalue weighted by Crippen LogP contribution is -2.27. The average Bonchev–Trinajstić information content (AvgIpc) is 2.75. The molecule has 0 saturated heterocycles. The van der Waals surface area contributed by atoms with Crippen molar-refractivity contribution in [2.24, 2.45) is 0 Å². The van der Waals surface area contributed by atoms with Crippen LogP contribution in [0.15, 0.2) is 28.8 Å². The third-order valence-electron chi connectivity index (χ3n) is 3.10. The number of hydrogen-bond acceptors (Lipinski definition) is 3. The van der Waals surface area contributed by atoms with Crippen LogP contribution in [0.2, 0.25) is 0 Å². The van der Waals surface area contributed by atoms with Gasteiger partial charge in [-0.25, -0.2) is 0 Å². The predicted octanol–water partition coefficient (Wildman–Crippen LogP) is 3.09. The van der Waals surface area contributed by atoms with Crippen LogP contribution in [0.3, 0.4) is 0 Å². The molecule has 0 aliphatic rings. The highest BCUT2D eigenvalue weighted by Gasteiger charge is 2.15. The van der Waals surface area contributed by atoms with E-state index in [1.807, 2.05) is 26.0 Å². The molecule has 0 radical (unpaired) electrons. The van der Waals surface area contributed by atoms with Crippen LogP contribution in [0.5, 0.6) is 0 Å². The van der Waals surface area contributed by atoms with Crippen LogP contribution in [0.1, 0.15) is 45.9 Å². The summed E-state index contributed by atoms with van der Waals surface area (Å²) in [7, 11) is 0. The molecule has 4 nitrogen and oxygen atoms in total. The molecule has 0 aliphatic carbocycles. The van der Waals surface area contributed by atoms with E-state index >= 15 is 0 Å². The highest BCUT2D eigenvalue weighted by Crippen LogP contribution is 2.19. The maximum absolute atomic E-state index is 12.0. The van der Waals surface area contributed by atoms with Gasteiger partial charge in [0.25, 0.3) is 5.91 Å². The summed E-state index contributed by atoms with van der Waals surface area (Å²) in [6.07, 6.45) is 0. The summed E-state index contributed by atoms with van der Waals surface area (Å²) < 4.78 is 4.90. The predicted molar refractivity (Wildman–Crippen MR) is 73.0 cm³/mol. The lowest BCUT2D eigenvalue weighted by molar-refractivity contribution is 0.0930. The van der Waals surface area contributed by atoms with Crippen LogP contribution in [-0.4, -0.2) is 11.1 Å². The molecule has 0 aliphatic heterocycles. The van der Waals surface area contributed by atoms with E-state index in [0.29, 0.717) is 11.5 Å². The lowest BCUT2D eigenvalue weighted by Gasteiger charge is -2.16. The molecule has 0 unspecified atom stereocenters. The van der Waals surface area contributed by atoms with Crippen LogP contribution >= 0.6 is 0 Å². The van der Waals surface area contributed by atoms with Crippen LogP contribution in [-0.2, 0) is 0 Å². The smallest absolute Gasteiger partial charge is 0.273 e. The largest absolute Gasteiger partial charge is 0.361 e. The van der Waals surface area contributed by atoms with Crippen LogP contribution in [0.4, 0.5) is 0 Å². The van der Waals surface area contributed by atoms with E-state index < -0.39 is 0 Å². The van der Waals surface area contributed by atoms with Crippen molar-refractivity contribution in [2.75, 3.05) is 0 Å². The molecule has 0 saturated carbocycles. The molecule has 0 fully saturated rings. The van der Waals surface area contributed by atoms with Crippen molar-refractivity contribution in [3.63, 3.8) is 0 Å². The summed E-state index contributed by atoms with van der Waals surface area (Å²) in [5.41, 5.74) is 3.81. The van der Waals surface area contributed by atoms with Crippen molar-refractivity contribution in [3.8, 4) is 0 Å². The van der Waals surface area contributed by atoms with Gasteiger partial charge in [-0.05, 0) is 38.8 Å². The third-order valence-corrected chi connectivity index (χ3v) is 3.10. The number of hydrogen-bond donors (Lipinski definition) is 1. The van der Waals surface area contributed by atoms with Gasteiger partial charge in [0.05, 0.1) is 6.04 Å². The first-order valence-corrected chi connectivity index (χ1v) is 6.28. The highest BCUT2D eigenvalue weighted by atomic mass is 16.5. The molecule has 2 aromatic rings. The van der Waals surface area contributed by atoms with Crippen LogP contribution in [0, 0.1) is 20.8 Å². The molecule has 2 rings (SSSR count). The minimum Gasteiger partial charge on any atom is -0.361 e. The van der Waals surface area contributed by atoms with Gasteiger partial charge in [-0.1, -0.05) is 28.9 Å². The molecule has 1 aromatic heterocycles. The molecule has 1 heterocycles. The summed E-state index contributed by atoms with van der Waals surface area (Å²) in [5.74, 6) is 0.411. The minimum atomic E-state index is -0.218. The first kappa shape index (κ1) is 13.3. The van der Waals surface area contributed by atoms with Gasteiger partial charge in [0, 0.05) is 6.07 Å².